The number of carbonyl (C=O) groups is 3. The van der Waals surface area contributed by atoms with Crippen molar-refractivity contribution in [1.29, 1.82) is 0 Å². The zero-order chi connectivity index (χ0) is 25.4. The van der Waals surface area contributed by atoms with Crippen molar-refractivity contribution in [1.82, 2.24) is 20.5 Å². The molecule has 1 saturated heterocycles. The van der Waals surface area contributed by atoms with E-state index in [0.29, 0.717) is 22.3 Å². The van der Waals surface area contributed by atoms with Crippen molar-refractivity contribution in [2.45, 2.75) is 36.2 Å². The third-order valence-corrected chi connectivity index (χ3v) is 8.94. The monoisotopic (exact) mass is 582 g/mol. The van der Waals surface area contributed by atoms with Gasteiger partial charge in [0, 0.05) is 10.0 Å². The average Bonchev–Trinajstić information content (AvgIpc) is 3.46. The number of rotatable bonds is 6. The van der Waals surface area contributed by atoms with Gasteiger partial charge in [-0.2, -0.15) is 0 Å². The lowest BCUT2D eigenvalue weighted by molar-refractivity contribution is -0.124. The lowest BCUT2D eigenvalue weighted by atomic mass is 9.82. The van der Waals surface area contributed by atoms with E-state index in [1.165, 1.54) is 11.8 Å². The van der Waals surface area contributed by atoms with Crippen LogP contribution < -0.4 is 5.32 Å². The van der Waals surface area contributed by atoms with Crippen molar-refractivity contribution in [3.05, 3.63) is 80.6 Å². The molecule has 1 aliphatic carbocycles. The fourth-order valence-corrected chi connectivity index (χ4v) is 6.69. The van der Waals surface area contributed by atoms with Crippen LogP contribution in [0.25, 0.3) is 6.08 Å². The van der Waals surface area contributed by atoms with Crippen molar-refractivity contribution in [2.75, 3.05) is 11.5 Å². The molecule has 2 heterocycles. The molecular formula is C26H23BrN4O3S2. The van der Waals surface area contributed by atoms with E-state index < -0.39 is 12.0 Å². The molecule has 10 heteroatoms. The number of ketones is 2. The predicted octanol–water partition coefficient (Wildman–Crippen LogP) is 4.89. The number of aryl methyl sites for hydroxylation is 1. The molecule has 3 unspecified atom stereocenters. The second kappa shape index (κ2) is 10.4. The number of halogens is 1. The molecule has 2 aliphatic rings. The van der Waals surface area contributed by atoms with Crippen LogP contribution in [0, 0.1) is 6.92 Å². The fourth-order valence-electron chi connectivity index (χ4n) is 4.42. The molecular weight excluding hydrogens is 560 g/mol. The number of fused-ring (bicyclic) bond motifs is 1. The van der Waals surface area contributed by atoms with Crippen LogP contribution in [0.2, 0.25) is 0 Å². The van der Waals surface area contributed by atoms with Crippen LogP contribution in [0.1, 0.15) is 51.0 Å². The Labute approximate surface area is 225 Å². The summed E-state index contributed by atoms with van der Waals surface area (Å²) in [6.45, 7) is 3.92. The molecule has 7 nitrogen and oxygen atoms in total. The van der Waals surface area contributed by atoms with Gasteiger partial charge in [-0.25, -0.2) is 4.98 Å². The van der Waals surface area contributed by atoms with Crippen LogP contribution in [-0.2, 0) is 9.59 Å². The Morgan fingerprint density at radius 3 is 2.75 bits per heavy atom. The lowest BCUT2D eigenvalue weighted by Gasteiger charge is -2.21. The standard InChI is InChI=1S/C26H23BrN4O3S2/c1-13-3-5-15(6-4-13)24-22(19(32)11-35-24)28-20(33)12-36-26-29-25(30-31-26)21-14(2)9-16-7-8-17(27)10-18(16)23(21)34/h3-10,21-22,24H,11-12H2,1-2H3,(H,28,33)(H,29,30,31). The predicted molar refractivity (Wildman–Crippen MR) is 145 cm³/mol. The van der Waals surface area contributed by atoms with E-state index in [1.807, 2.05) is 62.4 Å². The Bertz CT molecular complexity index is 1390. The minimum Gasteiger partial charge on any atom is -0.344 e. The van der Waals surface area contributed by atoms with Gasteiger partial charge in [-0.3, -0.25) is 19.5 Å². The first-order valence-electron chi connectivity index (χ1n) is 11.4. The highest BCUT2D eigenvalue weighted by Gasteiger charge is 2.37. The number of H-pyrrole nitrogens is 1. The summed E-state index contributed by atoms with van der Waals surface area (Å²) in [5.41, 5.74) is 4.56. The van der Waals surface area contributed by atoms with E-state index in [1.54, 1.807) is 11.8 Å². The van der Waals surface area contributed by atoms with Crippen LogP contribution in [0.4, 0.5) is 0 Å². The number of benzene rings is 2. The molecule has 5 rings (SSSR count). The first-order chi connectivity index (χ1) is 17.3. The molecule has 2 N–H and O–H groups in total. The van der Waals surface area contributed by atoms with Crippen molar-refractivity contribution >= 4 is 63.0 Å². The molecule has 1 aliphatic heterocycles. The Kier molecular flexibility index (Phi) is 7.18. The molecule has 0 bridgehead atoms. The van der Waals surface area contributed by atoms with E-state index in [0.717, 1.165) is 26.7 Å². The maximum absolute atomic E-state index is 13.2. The lowest BCUT2D eigenvalue weighted by Crippen LogP contribution is -2.42. The van der Waals surface area contributed by atoms with Gasteiger partial charge < -0.3 is 5.32 Å². The maximum Gasteiger partial charge on any atom is 0.231 e. The van der Waals surface area contributed by atoms with Crippen LogP contribution in [0.3, 0.4) is 0 Å². The van der Waals surface area contributed by atoms with Gasteiger partial charge in [0.05, 0.1) is 16.8 Å². The van der Waals surface area contributed by atoms with Gasteiger partial charge in [0.2, 0.25) is 11.1 Å². The molecule has 2 aromatic carbocycles. The van der Waals surface area contributed by atoms with Gasteiger partial charge >= 0.3 is 0 Å². The molecule has 1 amide bonds. The summed E-state index contributed by atoms with van der Waals surface area (Å²) in [7, 11) is 0. The normalized spacial score (nSPS) is 21.3. The number of thioether (sulfide) groups is 2. The molecule has 184 valence electrons. The summed E-state index contributed by atoms with van der Waals surface area (Å²) in [6.07, 6.45) is 1.98. The third kappa shape index (κ3) is 5.07. The van der Waals surface area contributed by atoms with Crippen LogP contribution in [0.5, 0.6) is 0 Å². The summed E-state index contributed by atoms with van der Waals surface area (Å²) >= 11 is 6.14. The van der Waals surface area contributed by atoms with Gasteiger partial charge in [-0.1, -0.05) is 75.2 Å². The number of hydrogen-bond acceptors (Lipinski definition) is 7. The van der Waals surface area contributed by atoms with Crippen LogP contribution >= 0.6 is 39.5 Å². The van der Waals surface area contributed by atoms with Gasteiger partial charge in [-0.15, -0.1) is 16.9 Å². The molecule has 0 saturated carbocycles. The van der Waals surface area contributed by atoms with E-state index in [-0.39, 0.29) is 28.5 Å². The molecule has 1 fully saturated rings. The minimum atomic E-state index is -0.555. The Hall–Kier alpha value is -2.69. The first-order valence-corrected chi connectivity index (χ1v) is 14.2. The molecule has 0 spiro atoms. The van der Waals surface area contributed by atoms with E-state index in [4.69, 9.17) is 0 Å². The Morgan fingerprint density at radius 2 is 1.97 bits per heavy atom. The second-order valence-corrected chi connectivity index (χ2v) is 11.9. The number of aromatic amines is 1. The summed E-state index contributed by atoms with van der Waals surface area (Å²) in [4.78, 5) is 42.9. The maximum atomic E-state index is 13.2. The molecule has 3 aromatic rings. The number of hydrogen-bond donors (Lipinski definition) is 2. The van der Waals surface area contributed by atoms with Gasteiger partial charge in [0.25, 0.3) is 0 Å². The van der Waals surface area contributed by atoms with Gasteiger partial charge in [0.15, 0.2) is 11.6 Å². The summed E-state index contributed by atoms with van der Waals surface area (Å²) < 4.78 is 0.838. The minimum absolute atomic E-state index is 0.0223. The van der Waals surface area contributed by atoms with Crippen molar-refractivity contribution < 1.29 is 14.4 Å². The highest BCUT2D eigenvalue weighted by molar-refractivity contribution is 9.10. The first kappa shape index (κ1) is 25.0. The number of nitrogens with zero attached hydrogens (tertiary/aromatic N) is 2. The summed E-state index contributed by atoms with van der Waals surface area (Å²) in [5, 5.41) is 10.3. The molecule has 36 heavy (non-hydrogen) atoms. The number of Topliss-reactive ketones (excluding diaryl/α,β-unsaturated/α-hetero) is 2. The van der Waals surface area contributed by atoms with Crippen LogP contribution in [-0.4, -0.2) is 50.2 Å². The van der Waals surface area contributed by atoms with Crippen LogP contribution in [0.15, 0.2) is 57.7 Å². The van der Waals surface area contributed by atoms with Gasteiger partial charge in [-0.05, 0) is 37.1 Å². The molecule has 3 atom stereocenters. The summed E-state index contributed by atoms with van der Waals surface area (Å²) in [6, 6.07) is 13.1. The van der Waals surface area contributed by atoms with E-state index in [9.17, 15) is 14.4 Å². The number of aromatic nitrogens is 3. The zero-order valence-corrected chi connectivity index (χ0v) is 22.8. The Balaban J connectivity index is 1.23. The second-order valence-electron chi connectivity index (χ2n) is 8.86. The van der Waals surface area contributed by atoms with E-state index in [2.05, 4.69) is 36.4 Å². The SMILES string of the molecule is CC1=Cc2ccc(Br)cc2C(=O)C1c1nc(SCC(=O)NC2C(=O)CSC2c2ccc(C)cc2)n[nH]1. The fraction of sp³-hybridized carbons (Fsp3) is 0.269. The molecule has 1 aromatic heterocycles. The van der Waals surface area contributed by atoms with Crippen molar-refractivity contribution in [3.8, 4) is 0 Å². The van der Waals surface area contributed by atoms with Crippen molar-refractivity contribution in [2.24, 2.45) is 0 Å². The topological polar surface area (TPSA) is 105 Å². The number of nitrogens with one attached hydrogen (secondary N) is 2. The third-order valence-electron chi connectivity index (χ3n) is 6.25. The zero-order valence-electron chi connectivity index (χ0n) is 19.6. The molecule has 0 radical (unpaired) electrons. The summed E-state index contributed by atoms with van der Waals surface area (Å²) in [5.74, 6) is 0.0615. The highest BCUT2D eigenvalue weighted by atomic mass is 79.9. The van der Waals surface area contributed by atoms with Crippen molar-refractivity contribution in [3.63, 3.8) is 0 Å². The number of amides is 1. The van der Waals surface area contributed by atoms with E-state index >= 15 is 0 Å². The number of carbonyl (C=O) groups excluding carboxylic acids is 3. The number of allylic oxidation sites excluding steroid dienone is 1. The van der Waals surface area contributed by atoms with Gasteiger partial charge in [0.1, 0.15) is 17.8 Å². The largest absolute Gasteiger partial charge is 0.344 e. The Morgan fingerprint density at radius 1 is 1.19 bits per heavy atom. The average molecular weight is 584 g/mol. The quantitative estimate of drug-likeness (QED) is 0.398. The smallest absolute Gasteiger partial charge is 0.231 e. The highest BCUT2D eigenvalue weighted by Crippen LogP contribution is 2.39.